The van der Waals surface area contributed by atoms with Gasteiger partial charge in [-0.2, -0.15) is 0 Å². The number of hydrogen-bond acceptors (Lipinski definition) is 3. The Morgan fingerprint density at radius 2 is 2.20 bits per heavy atom. The predicted octanol–water partition coefficient (Wildman–Crippen LogP) is 4.76. The molecule has 102 valence electrons. The van der Waals surface area contributed by atoms with E-state index in [1.54, 1.807) is 24.3 Å². The second-order valence-electron chi connectivity index (χ2n) is 4.74. The number of benzene rings is 1. The predicted molar refractivity (Wildman–Crippen MR) is 79.2 cm³/mol. The van der Waals surface area contributed by atoms with Crippen LogP contribution in [0, 0.1) is 0 Å². The lowest BCUT2D eigenvalue weighted by atomic mass is 10.0. The van der Waals surface area contributed by atoms with E-state index in [9.17, 15) is 4.79 Å². The highest BCUT2D eigenvalue weighted by Gasteiger charge is 2.21. The number of aromatic nitrogens is 1. The summed E-state index contributed by atoms with van der Waals surface area (Å²) in [7, 11) is 0. The maximum absolute atomic E-state index is 11.4. The third-order valence-electron chi connectivity index (χ3n) is 3.20. The highest BCUT2D eigenvalue weighted by molar-refractivity contribution is 6.35. The number of carbonyl (C=O) groups is 1. The molecule has 1 atom stereocenters. The SMILES string of the molecule is CC(=O)c1ccc2nc(C3C=C(Cl)C=C(Cl)C3)oc2c1. The van der Waals surface area contributed by atoms with Crippen LogP contribution in [0.25, 0.3) is 11.1 Å². The zero-order chi connectivity index (χ0) is 14.3. The molecular weight excluding hydrogens is 297 g/mol. The Morgan fingerprint density at radius 3 is 2.90 bits per heavy atom. The minimum atomic E-state index is -0.0758. The second kappa shape index (κ2) is 5.08. The quantitative estimate of drug-likeness (QED) is 0.751. The lowest BCUT2D eigenvalue weighted by molar-refractivity contribution is 0.101. The number of nitrogens with zero attached hydrogens (tertiary/aromatic N) is 1. The van der Waals surface area contributed by atoms with Gasteiger partial charge in [-0.1, -0.05) is 29.3 Å². The molecule has 0 aliphatic heterocycles. The van der Waals surface area contributed by atoms with Gasteiger partial charge in [-0.05, 0) is 37.6 Å². The van der Waals surface area contributed by atoms with Crippen molar-refractivity contribution in [3.05, 3.63) is 51.9 Å². The van der Waals surface area contributed by atoms with Crippen molar-refractivity contribution in [1.82, 2.24) is 4.98 Å². The van der Waals surface area contributed by atoms with Gasteiger partial charge in [-0.25, -0.2) is 4.98 Å². The Balaban J connectivity index is 2.01. The zero-order valence-corrected chi connectivity index (χ0v) is 12.2. The molecule has 20 heavy (non-hydrogen) atoms. The van der Waals surface area contributed by atoms with Crippen LogP contribution in [0.2, 0.25) is 0 Å². The minimum Gasteiger partial charge on any atom is -0.440 e. The number of hydrogen-bond donors (Lipinski definition) is 0. The molecule has 0 bridgehead atoms. The van der Waals surface area contributed by atoms with Crippen molar-refractivity contribution in [3.8, 4) is 0 Å². The van der Waals surface area contributed by atoms with Gasteiger partial charge >= 0.3 is 0 Å². The molecule has 0 saturated heterocycles. The fourth-order valence-corrected chi connectivity index (χ4v) is 2.82. The van der Waals surface area contributed by atoms with Crippen LogP contribution in [0.4, 0.5) is 0 Å². The molecule has 1 aromatic carbocycles. The lowest BCUT2D eigenvalue weighted by Gasteiger charge is -2.12. The van der Waals surface area contributed by atoms with Crippen molar-refractivity contribution in [3.63, 3.8) is 0 Å². The van der Waals surface area contributed by atoms with E-state index in [0.29, 0.717) is 33.5 Å². The summed E-state index contributed by atoms with van der Waals surface area (Å²) in [6.45, 7) is 1.52. The first-order chi connectivity index (χ1) is 9.52. The van der Waals surface area contributed by atoms with Gasteiger partial charge in [-0.15, -0.1) is 0 Å². The fraction of sp³-hybridized carbons (Fsp3) is 0.200. The number of Topliss-reactive ketones (excluding diaryl/α,β-unsaturated/α-hetero) is 1. The van der Waals surface area contributed by atoms with Crippen molar-refractivity contribution in [2.75, 3.05) is 0 Å². The summed E-state index contributed by atoms with van der Waals surface area (Å²) in [4.78, 5) is 15.8. The van der Waals surface area contributed by atoms with E-state index in [4.69, 9.17) is 27.6 Å². The maximum atomic E-state index is 11.4. The summed E-state index contributed by atoms with van der Waals surface area (Å²) in [6, 6.07) is 5.23. The average Bonchev–Trinajstić information content (AvgIpc) is 2.80. The van der Waals surface area contributed by atoms with Crippen molar-refractivity contribution in [2.24, 2.45) is 0 Å². The van der Waals surface area contributed by atoms with E-state index in [1.165, 1.54) is 6.92 Å². The van der Waals surface area contributed by atoms with Crippen LogP contribution >= 0.6 is 23.2 Å². The minimum absolute atomic E-state index is 0.00330. The monoisotopic (exact) mass is 307 g/mol. The summed E-state index contributed by atoms with van der Waals surface area (Å²) in [5, 5.41) is 1.26. The van der Waals surface area contributed by atoms with Crippen LogP contribution in [0.5, 0.6) is 0 Å². The molecule has 2 aromatic rings. The molecule has 3 rings (SSSR count). The number of oxazole rings is 1. The van der Waals surface area contributed by atoms with Gasteiger partial charge in [0.2, 0.25) is 5.89 Å². The molecule has 1 aliphatic carbocycles. The van der Waals surface area contributed by atoms with Crippen LogP contribution in [-0.4, -0.2) is 10.8 Å². The molecule has 0 spiro atoms. The van der Waals surface area contributed by atoms with Gasteiger partial charge in [0.15, 0.2) is 11.4 Å². The van der Waals surface area contributed by atoms with Gasteiger partial charge in [-0.3, -0.25) is 4.79 Å². The van der Waals surface area contributed by atoms with Crippen LogP contribution in [0.15, 0.2) is 44.8 Å². The molecule has 0 radical (unpaired) electrons. The van der Waals surface area contributed by atoms with Crippen LogP contribution < -0.4 is 0 Å². The van der Waals surface area contributed by atoms with E-state index in [1.807, 2.05) is 6.08 Å². The van der Waals surface area contributed by atoms with E-state index in [2.05, 4.69) is 4.98 Å². The summed E-state index contributed by atoms with van der Waals surface area (Å²) in [5.41, 5.74) is 1.93. The Kier molecular flexibility index (Phi) is 3.40. The van der Waals surface area contributed by atoms with Crippen molar-refractivity contribution in [1.29, 1.82) is 0 Å². The summed E-state index contributed by atoms with van der Waals surface area (Å²) < 4.78 is 5.74. The first-order valence-electron chi connectivity index (χ1n) is 6.18. The maximum Gasteiger partial charge on any atom is 0.202 e. The second-order valence-corrected chi connectivity index (χ2v) is 5.67. The molecule has 1 aromatic heterocycles. The number of rotatable bonds is 2. The normalized spacial score (nSPS) is 18.9. The largest absolute Gasteiger partial charge is 0.440 e. The number of halogens is 2. The van der Waals surface area contributed by atoms with E-state index < -0.39 is 0 Å². The van der Waals surface area contributed by atoms with Crippen LogP contribution in [0.3, 0.4) is 0 Å². The van der Waals surface area contributed by atoms with Gasteiger partial charge in [0.25, 0.3) is 0 Å². The third-order valence-corrected chi connectivity index (χ3v) is 3.70. The van der Waals surface area contributed by atoms with Gasteiger partial charge < -0.3 is 4.42 Å². The fourth-order valence-electron chi connectivity index (χ4n) is 2.20. The highest BCUT2D eigenvalue weighted by Crippen LogP contribution is 2.35. The van der Waals surface area contributed by atoms with Gasteiger partial charge in [0.05, 0.1) is 5.92 Å². The Hall–Kier alpha value is -1.58. The molecule has 0 amide bonds. The standard InChI is InChI=1S/C15H11Cl2NO2/c1-8(19)9-2-3-13-14(6-9)20-15(18-13)10-4-11(16)7-12(17)5-10/h2-4,6-7,10H,5H2,1H3. The number of allylic oxidation sites excluding steroid dienone is 4. The van der Waals surface area contributed by atoms with Crippen molar-refractivity contribution in [2.45, 2.75) is 19.3 Å². The van der Waals surface area contributed by atoms with Gasteiger partial charge in [0.1, 0.15) is 5.52 Å². The smallest absolute Gasteiger partial charge is 0.202 e. The third kappa shape index (κ3) is 2.51. The van der Waals surface area contributed by atoms with Crippen LogP contribution in [-0.2, 0) is 0 Å². The average molecular weight is 308 g/mol. The summed E-state index contributed by atoms with van der Waals surface area (Å²) >= 11 is 12.1. The Morgan fingerprint density at radius 1 is 1.40 bits per heavy atom. The van der Waals surface area contributed by atoms with Crippen molar-refractivity contribution < 1.29 is 9.21 Å². The molecule has 3 nitrogen and oxygen atoms in total. The topological polar surface area (TPSA) is 43.1 Å². The van der Waals surface area contributed by atoms with E-state index >= 15 is 0 Å². The Labute approximate surface area is 125 Å². The summed E-state index contributed by atoms with van der Waals surface area (Å²) in [6.07, 6.45) is 4.20. The summed E-state index contributed by atoms with van der Waals surface area (Å²) in [5.74, 6) is 0.481. The molecule has 5 heteroatoms. The first kappa shape index (κ1) is 13.4. The van der Waals surface area contributed by atoms with E-state index in [0.717, 1.165) is 5.52 Å². The Bertz CT molecular complexity index is 758. The number of fused-ring (bicyclic) bond motifs is 1. The molecule has 0 N–H and O–H groups in total. The first-order valence-corrected chi connectivity index (χ1v) is 6.93. The van der Waals surface area contributed by atoms with Crippen LogP contribution in [0.1, 0.15) is 35.5 Å². The molecule has 1 heterocycles. The molecule has 0 saturated carbocycles. The highest BCUT2D eigenvalue weighted by atomic mass is 35.5. The van der Waals surface area contributed by atoms with E-state index in [-0.39, 0.29) is 11.7 Å². The zero-order valence-electron chi connectivity index (χ0n) is 10.7. The number of carbonyl (C=O) groups excluding carboxylic acids is 1. The van der Waals surface area contributed by atoms with Gasteiger partial charge in [0, 0.05) is 15.6 Å². The molecular formula is C15H11Cl2NO2. The molecule has 1 aliphatic rings. The van der Waals surface area contributed by atoms with Crippen molar-refractivity contribution >= 4 is 40.1 Å². The molecule has 1 unspecified atom stereocenters. The molecule has 0 fully saturated rings. The number of ketones is 1. The lowest BCUT2D eigenvalue weighted by Crippen LogP contribution is -2.00.